The van der Waals surface area contributed by atoms with Gasteiger partial charge in [-0.05, 0) is 75.5 Å². The molecule has 0 aromatic heterocycles. The summed E-state index contributed by atoms with van der Waals surface area (Å²) in [6, 6.07) is 3.07. The maximum atomic E-state index is 6.30. The van der Waals surface area contributed by atoms with Gasteiger partial charge in [0.1, 0.15) is 0 Å². The van der Waals surface area contributed by atoms with E-state index in [4.69, 9.17) is 5.73 Å². The molecule has 0 aromatic rings. The largest absolute Gasteiger partial charge is 0.328 e. The van der Waals surface area contributed by atoms with E-state index in [1.807, 2.05) is 0 Å². The molecule has 7 atom stereocenters. The summed E-state index contributed by atoms with van der Waals surface area (Å²) in [5, 5.41) is 0. The normalized spacial score (nSPS) is 52.8. The van der Waals surface area contributed by atoms with Crippen LogP contribution in [0.15, 0.2) is 0 Å². The Bertz CT molecular complexity index is 323. The number of hydrogen-bond acceptors (Lipinski definition) is 2. The van der Waals surface area contributed by atoms with Crippen LogP contribution in [0, 0.1) is 17.8 Å². The molecule has 0 amide bonds. The third-order valence-corrected chi connectivity index (χ3v) is 6.84. The number of hydrogen-bond donors (Lipinski definition) is 1. The number of piperidine rings is 2. The lowest BCUT2D eigenvalue weighted by molar-refractivity contribution is -0.0445. The Morgan fingerprint density at radius 2 is 1.35 bits per heavy atom. The SMILES string of the molecule is C[C@H]1C[C@H]2CC(N3[C@@H]4CCC[C@H]3CC(N)C4)C[C@@H](C1)C2. The van der Waals surface area contributed by atoms with Crippen LogP contribution in [-0.2, 0) is 0 Å². The Balaban J connectivity index is 1.50. The average molecular weight is 276 g/mol. The lowest BCUT2D eigenvalue weighted by Gasteiger charge is -2.55. The first-order valence-corrected chi connectivity index (χ1v) is 9.22. The highest BCUT2D eigenvalue weighted by atomic mass is 15.2. The van der Waals surface area contributed by atoms with Crippen molar-refractivity contribution < 1.29 is 0 Å². The van der Waals surface area contributed by atoms with Crippen molar-refractivity contribution in [3.63, 3.8) is 0 Å². The molecule has 4 rings (SSSR count). The van der Waals surface area contributed by atoms with Crippen LogP contribution in [-0.4, -0.2) is 29.1 Å². The molecule has 114 valence electrons. The zero-order valence-corrected chi connectivity index (χ0v) is 13.1. The molecule has 2 aliphatic carbocycles. The smallest absolute Gasteiger partial charge is 0.0116 e. The van der Waals surface area contributed by atoms with Gasteiger partial charge in [0.2, 0.25) is 0 Å². The first-order chi connectivity index (χ1) is 9.69. The number of rotatable bonds is 1. The molecule has 2 unspecified atom stereocenters. The third-order valence-electron chi connectivity index (χ3n) is 6.84. The maximum absolute atomic E-state index is 6.30. The van der Waals surface area contributed by atoms with Crippen LogP contribution in [0.4, 0.5) is 0 Å². The summed E-state index contributed by atoms with van der Waals surface area (Å²) in [6.45, 7) is 2.48. The minimum Gasteiger partial charge on any atom is -0.328 e. The van der Waals surface area contributed by atoms with Crippen LogP contribution in [0.5, 0.6) is 0 Å². The van der Waals surface area contributed by atoms with Crippen molar-refractivity contribution in [3.8, 4) is 0 Å². The van der Waals surface area contributed by atoms with E-state index < -0.39 is 0 Å². The Labute approximate surface area is 124 Å². The van der Waals surface area contributed by atoms with Crippen molar-refractivity contribution >= 4 is 0 Å². The highest BCUT2D eigenvalue weighted by Crippen LogP contribution is 2.47. The Hall–Kier alpha value is -0.0800. The summed E-state index contributed by atoms with van der Waals surface area (Å²) < 4.78 is 0. The summed E-state index contributed by atoms with van der Waals surface area (Å²) >= 11 is 0. The molecule has 2 nitrogen and oxygen atoms in total. The third kappa shape index (κ3) is 2.43. The molecular formula is C18H32N2. The molecular weight excluding hydrogens is 244 g/mol. The van der Waals surface area contributed by atoms with Gasteiger partial charge >= 0.3 is 0 Å². The molecule has 4 bridgehead atoms. The van der Waals surface area contributed by atoms with Crippen LogP contribution in [0.2, 0.25) is 0 Å². The molecule has 2 saturated heterocycles. The standard InChI is InChI=1S/C18H32N2/c1-12-5-13-7-14(6-12)9-18(8-13)20-16-3-2-4-17(20)11-15(19)10-16/h12-18H,2-11,19H2,1H3/t12-,13+,14-,15?,16-,17+,18?. The lowest BCUT2D eigenvalue weighted by Crippen LogP contribution is -2.60. The second-order valence-electron chi connectivity index (χ2n) is 8.59. The molecule has 0 spiro atoms. The van der Waals surface area contributed by atoms with Crippen molar-refractivity contribution in [2.45, 2.75) is 95.3 Å². The molecule has 2 heteroatoms. The van der Waals surface area contributed by atoms with E-state index in [9.17, 15) is 0 Å². The topological polar surface area (TPSA) is 29.3 Å². The van der Waals surface area contributed by atoms with Gasteiger partial charge in [0.25, 0.3) is 0 Å². The van der Waals surface area contributed by atoms with Crippen molar-refractivity contribution in [1.82, 2.24) is 4.90 Å². The summed E-state index contributed by atoms with van der Waals surface area (Å²) in [5.41, 5.74) is 6.30. The molecule has 2 heterocycles. The molecule has 20 heavy (non-hydrogen) atoms. The van der Waals surface area contributed by atoms with E-state index >= 15 is 0 Å². The van der Waals surface area contributed by atoms with Gasteiger partial charge in [0.15, 0.2) is 0 Å². The van der Waals surface area contributed by atoms with Crippen LogP contribution < -0.4 is 5.73 Å². The Morgan fingerprint density at radius 3 is 1.95 bits per heavy atom. The predicted octanol–water partition coefficient (Wildman–Crippen LogP) is 3.55. The van der Waals surface area contributed by atoms with E-state index in [1.54, 1.807) is 6.42 Å². The van der Waals surface area contributed by atoms with Gasteiger partial charge in [0.05, 0.1) is 0 Å². The predicted molar refractivity (Wildman–Crippen MR) is 83.5 cm³/mol. The first-order valence-electron chi connectivity index (χ1n) is 9.22. The molecule has 0 radical (unpaired) electrons. The van der Waals surface area contributed by atoms with Crippen molar-refractivity contribution in [3.05, 3.63) is 0 Å². The molecule has 4 fully saturated rings. The van der Waals surface area contributed by atoms with Crippen molar-refractivity contribution in [1.29, 1.82) is 0 Å². The fourth-order valence-corrected chi connectivity index (χ4v) is 6.45. The second kappa shape index (κ2) is 5.28. The van der Waals surface area contributed by atoms with Crippen LogP contribution in [0.1, 0.15) is 71.1 Å². The van der Waals surface area contributed by atoms with Gasteiger partial charge in [-0.3, -0.25) is 4.90 Å². The number of fused-ring (bicyclic) bond motifs is 4. The fraction of sp³-hybridized carbons (Fsp3) is 1.00. The van der Waals surface area contributed by atoms with Gasteiger partial charge in [-0.1, -0.05) is 13.3 Å². The molecule has 4 aliphatic rings. The van der Waals surface area contributed by atoms with Gasteiger partial charge in [-0.15, -0.1) is 0 Å². The fourth-order valence-electron chi connectivity index (χ4n) is 6.45. The van der Waals surface area contributed by atoms with Crippen LogP contribution >= 0.6 is 0 Å². The molecule has 2 saturated carbocycles. The minimum atomic E-state index is 0.490. The van der Waals surface area contributed by atoms with Gasteiger partial charge in [0, 0.05) is 24.2 Å². The summed E-state index contributed by atoms with van der Waals surface area (Å²) in [4.78, 5) is 2.99. The van der Waals surface area contributed by atoms with Gasteiger partial charge < -0.3 is 5.73 Å². The summed E-state index contributed by atoms with van der Waals surface area (Å²) in [6.07, 6.45) is 14.4. The maximum Gasteiger partial charge on any atom is 0.0116 e. The van der Waals surface area contributed by atoms with Crippen LogP contribution in [0.3, 0.4) is 0 Å². The van der Waals surface area contributed by atoms with Crippen molar-refractivity contribution in [2.24, 2.45) is 23.5 Å². The van der Waals surface area contributed by atoms with Crippen LogP contribution in [0.25, 0.3) is 0 Å². The minimum absolute atomic E-state index is 0.490. The lowest BCUT2D eigenvalue weighted by atomic mass is 9.65. The first kappa shape index (κ1) is 13.6. The monoisotopic (exact) mass is 276 g/mol. The zero-order valence-electron chi connectivity index (χ0n) is 13.1. The van der Waals surface area contributed by atoms with E-state index in [1.165, 1.54) is 57.8 Å². The molecule has 2 N–H and O–H groups in total. The number of nitrogens with two attached hydrogens (primary N) is 1. The van der Waals surface area contributed by atoms with E-state index in [0.29, 0.717) is 6.04 Å². The van der Waals surface area contributed by atoms with Gasteiger partial charge in [-0.2, -0.15) is 0 Å². The van der Waals surface area contributed by atoms with E-state index in [-0.39, 0.29) is 0 Å². The molecule has 0 aromatic carbocycles. The molecule has 2 aliphatic heterocycles. The second-order valence-corrected chi connectivity index (χ2v) is 8.59. The van der Waals surface area contributed by atoms with E-state index in [0.717, 1.165) is 35.9 Å². The zero-order chi connectivity index (χ0) is 13.7. The highest BCUT2D eigenvalue weighted by molar-refractivity contribution is 5.00. The van der Waals surface area contributed by atoms with Crippen molar-refractivity contribution in [2.75, 3.05) is 0 Å². The average Bonchev–Trinajstić information content (AvgIpc) is 2.35. The quantitative estimate of drug-likeness (QED) is 0.793. The Kier molecular flexibility index (Phi) is 3.58. The summed E-state index contributed by atoms with van der Waals surface area (Å²) in [5.74, 6) is 3.08. The highest BCUT2D eigenvalue weighted by Gasteiger charge is 2.44. The summed E-state index contributed by atoms with van der Waals surface area (Å²) in [7, 11) is 0. The number of nitrogens with zero attached hydrogens (tertiary/aromatic N) is 1. The van der Waals surface area contributed by atoms with E-state index in [2.05, 4.69) is 11.8 Å². The Morgan fingerprint density at radius 1 is 0.750 bits per heavy atom. The van der Waals surface area contributed by atoms with Gasteiger partial charge in [-0.25, -0.2) is 0 Å².